The van der Waals surface area contributed by atoms with Crippen molar-refractivity contribution < 1.29 is 9.90 Å². The number of aliphatic hydroxyl groups is 1. The third-order valence-corrected chi connectivity index (χ3v) is 6.65. The van der Waals surface area contributed by atoms with Crippen LogP contribution in [-0.4, -0.2) is 45.7 Å². The summed E-state index contributed by atoms with van der Waals surface area (Å²) in [6.07, 6.45) is 4.43. The quantitative estimate of drug-likeness (QED) is 0.335. The monoisotopic (exact) mass is 437 g/mol. The fourth-order valence-corrected chi connectivity index (χ4v) is 4.60. The molecule has 8 heteroatoms. The number of aliphatic hydroxyl groups excluding tert-OH is 1. The molecule has 1 amide bonds. The van der Waals surface area contributed by atoms with Gasteiger partial charge in [-0.05, 0) is 30.5 Å². The molecule has 0 bridgehead atoms. The van der Waals surface area contributed by atoms with Crippen LogP contribution in [0.15, 0.2) is 36.8 Å². The van der Waals surface area contributed by atoms with Crippen LogP contribution in [0.2, 0.25) is 0 Å². The molecule has 0 aliphatic heterocycles. The Morgan fingerprint density at radius 3 is 2.87 bits per heavy atom. The molecule has 0 saturated heterocycles. The molecule has 0 fully saturated rings. The van der Waals surface area contributed by atoms with Crippen LogP contribution in [0.3, 0.4) is 0 Å². The van der Waals surface area contributed by atoms with E-state index in [1.54, 1.807) is 0 Å². The van der Waals surface area contributed by atoms with Gasteiger partial charge in [-0.25, -0.2) is 9.97 Å². The lowest BCUT2D eigenvalue weighted by Crippen LogP contribution is -2.35. The van der Waals surface area contributed by atoms with Gasteiger partial charge in [0.15, 0.2) is 0 Å². The van der Waals surface area contributed by atoms with E-state index in [-0.39, 0.29) is 17.9 Å². The second-order valence-electron chi connectivity index (χ2n) is 8.50. The predicted octanol–water partition coefficient (Wildman–Crippen LogP) is 3.88. The molecule has 0 radical (unpaired) electrons. The van der Waals surface area contributed by atoms with E-state index in [1.807, 2.05) is 39.1 Å². The first-order valence-electron chi connectivity index (χ1n) is 10.3. The number of benzene rings is 1. The molecule has 0 atom stereocenters. The summed E-state index contributed by atoms with van der Waals surface area (Å²) in [4.78, 5) is 26.3. The van der Waals surface area contributed by atoms with Gasteiger partial charge in [-0.15, -0.1) is 11.3 Å². The van der Waals surface area contributed by atoms with E-state index in [1.165, 1.54) is 28.6 Å². The lowest BCUT2D eigenvalue weighted by Gasteiger charge is -2.21. The molecule has 31 heavy (non-hydrogen) atoms. The molecule has 0 saturated carbocycles. The number of fused-ring (bicyclic) bond motifs is 2. The van der Waals surface area contributed by atoms with Crippen LogP contribution < -0.4 is 10.6 Å². The highest BCUT2D eigenvalue weighted by atomic mass is 32.1. The lowest BCUT2D eigenvalue weighted by atomic mass is 9.95. The molecule has 4 rings (SSSR count). The van der Waals surface area contributed by atoms with Crippen molar-refractivity contribution in [3.05, 3.63) is 52.8 Å². The molecule has 0 spiro atoms. The van der Waals surface area contributed by atoms with Crippen LogP contribution in [0.5, 0.6) is 0 Å². The highest BCUT2D eigenvalue weighted by Crippen LogP contribution is 2.33. The van der Waals surface area contributed by atoms with Gasteiger partial charge in [0.05, 0.1) is 10.3 Å². The Bertz CT molecular complexity index is 1230. The van der Waals surface area contributed by atoms with E-state index in [4.69, 9.17) is 0 Å². The summed E-state index contributed by atoms with van der Waals surface area (Å²) >= 11 is 1.37. The van der Waals surface area contributed by atoms with Gasteiger partial charge in [0.1, 0.15) is 17.0 Å². The fourth-order valence-electron chi connectivity index (χ4n) is 3.53. The maximum absolute atomic E-state index is 12.7. The number of para-hydroxylation sites is 1. The van der Waals surface area contributed by atoms with Crippen LogP contribution in [-0.2, 0) is 6.42 Å². The summed E-state index contributed by atoms with van der Waals surface area (Å²) in [5.74, 6) is 0.597. The molecule has 0 aliphatic rings. The van der Waals surface area contributed by atoms with Crippen LogP contribution in [0.25, 0.3) is 21.1 Å². The van der Waals surface area contributed by atoms with Gasteiger partial charge in [0.25, 0.3) is 5.91 Å². The molecule has 0 aliphatic carbocycles. The third-order valence-electron chi connectivity index (χ3n) is 5.45. The number of H-pyrrole nitrogens is 1. The number of hydrogen-bond donors (Lipinski definition) is 4. The Morgan fingerprint density at radius 2 is 2.06 bits per heavy atom. The van der Waals surface area contributed by atoms with Crippen molar-refractivity contribution in [1.29, 1.82) is 0 Å². The highest BCUT2D eigenvalue weighted by molar-refractivity contribution is 7.20. The normalized spacial score (nSPS) is 11.9. The van der Waals surface area contributed by atoms with Crippen molar-refractivity contribution in [2.24, 2.45) is 5.41 Å². The summed E-state index contributed by atoms with van der Waals surface area (Å²) in [6, 6.07) is 8.26. The summed E-state index contributed by atoms with van der Waals surface area (Å²) < 4.78 is 0. The molecule has 162 valence electrons. The minimum absolute atomic E-state index is 0.00858. The van der Waals surface area contributed by atoms with Crippen LogP contribution in [0.4, 0.5) is 5.82 Å². The summed E-state index contributed by atoms with van der Waals surface area (Å²) in [6.45, 7) is 6.87. The van der Waals surface area contributed by atoms with Gasteiger partial charge < -0.3 is 20.7 Å². The number of thiophene rings is 1. The van der Waals surface area contributed by atoms with Crippen LogP contribution >= 0.6 is 11.3 Å². The number of rotatable bonds is 8. The first-order valence-corrected chi connectivity index (χ1v) is 11.1. The van der Waals surface area contributed by atoms with E-state index in [0.717, 1.165) is 40.1 Å². The second-order valence-corrected chi connectivity index (χ2v) is 9.50. The molecule has 3 aromatic heterocycles. The molecular weight excluding hydrogens is 410 g/mol. The summed E-state index contributed by atoms with van der Waals surface area (Å²) in [5, 5.41) is 17.9. The Morgan fingerprint density at radius 1 is 1.26 bits per heavy atom. The number of aromatic nitrogens is 3. The first-order chi connectivity index (χ1) is 14.9. The number of nitrogens with one attached hydrogen (secondary N) is 3. The maximum Gasteiger partial charge on any atom is 0.261 e. The Hall–Kier alpha value is -2.97. The summed E-state index contributed by atoms with van der Waals surface area (Å²) in [7, 11) is 0. The topological polar surface area (TPSA) is 103 Å². The van der Waals surface area contributed by atoms with Gasteiger partial charge in [-0.2, -0.15) is 0 Å². The largest absolute Gasteiger partial charge is 0.396 e. The maximum atomic E-state index is 12.7. The number of aryl methyl sites for hydroxylation is 1. The number of amides is 1. The number of anilines is 1. The predicted molar refractivity (Wildman–Crippen MR) is 126 cm³/mol. The molecular formula is C23H27N5O2S. The van der Waals surface area contributed by atoms with Crippen molar-refractivity contribution in [2.45, 2.75) is 27.2 Å². The van der Waals surface area contributed by atoms with Crippen molar-refractivity contribution >= 4 is 44.2 Å². The average molecular weight is 438 g/mol. The minimum atomic E-state index is -0.366. The first kappa shape index (κ1) is 21.3. The molecule has 4 N–H and O–H groups in total. The van der Waals surface area contributed by atoms with Gasteiger partial charge in [0, 0.05) is 42.2 Å². The number of aromatic amines is 1. The highest BCUT2D eigenvalue weighted by Gasteiger charge is 2.22. The van der Waals surface area contributed by atoms with Crippen molar-refractivity contribution in [1.82, 2.24) is 20.3 Å². The Kier molecular flexibility index (Phi) is 5.93. The molecule has 0 unspecified atom stereocenters. The zero-order valence-corrected chi connectivity index (χ0v) is 18.8. The van der Waals surface area contributed by atoms with Crippen molar-refractivity contribution in [2.75, 3.05) is 25.0 Å². The van der Waals surface area contributed by atoms with Crippen LogP contribution in [0, 0.1) is 12.3 Å². The van der Waals surface area contributed by atoms with E-state index < -0.39 is 0 Å². The van der Waals surface area contributed by atoms with Crippen LogP contribution in [0.1, 0.15) is 34.6 Å². The molecule has 7 nitrogen and oxygen atoms in total. The van der Waals surface area contributed by atoms with Gasteiger partial charge >= 0.3 is 0 Å². The average Bonchev–Trinajstić information content (AvgIpc) is 3.34. The van der Waals surface area contributed by atoms with E-state index in [9.17, 15) is 9.90 Å². The van der Waals surface area contributed by atoms with E-state index in [0.29, 0.717) is 11.4 Å². The number of carbonyl (C=O) groups is 1. The smallest absolute Gasteiger partial charge is 0.261 e. The van der Waals surface area contributed by atoms with Gasteiger partial charge in [-0.3, -0.25) is 4.79 Å². The Balaban J connectivity index is 1.50. The zero-order valence-electron chi connectivity index (χ0n) is 18.0. The number of carbonyl (C=O) groups excluding carboxylic acids is 1. The Labute approximate surface area is 184 Å². The molecule has 3 heterocycles. The lowest BCUT2D eigenvalue weighted by molar-refractivity contribution is 0.0914. The molecule has 4 aromatic rings. The minimum Gasteiger partial charge on any atom is -0.396 e. The fraction of sp³-hybridized carbons (Fsp3) is 0.348. The van der Waals surface area contributed by atoms with E-state index >= 15 is 0 Å². The van der Waals surface area contributed by atoms with E-state index in [2.05, 4.69) is 37.7 Å². The van der Waals surface area contributed by atoms with Gasteiger partial charge in [0.2, 0.25) is 0 Å². The number of nitrogens with zero attached hydrogens (tertiary/aromatic N) is 2. The van der Waals surface area contributed by atoms with Gasteiger partial charge in [-0.1, -0.05) is 32.0 Å². The molecule has 1 aromatic carbocycles. The standard InChI is InChI=1S/C23H27N5O2S/c1-14-18-20(24-9-8-15-10-25-17-7-5-4-6-16(15)17)27-13-28-22(18)31-19(14)21(30)26-11-23(2,3)12-29/h4-7,10,13,25,29H,8-9,11-12H2,1-3H3,(H,26,30)(H,24,27,28). The second kappa shape index (κ2) is 8.64. The third kappa shape index (κ3) is 4.40. The SMILES string of the molecule is Cc1c(C(=O)NCC(C)(C)CO)sc2ncnc(NCCc3c[nH]c4ccccc34)c12. The van der Waals surface area contributed by atoms with Crippen molar-refractivity contribution in [3.8, 4) is 0 Å². The number of hydrogen-bond acceptors (Lipinski definition) is 6. The summed E-state index contributed by atoms with van der Waals surface area (Å²) in [5.41, 5.74) is 2.89. The van der Waals surface area contributed by atoms with Crippen molar-refractivity contribution in [3.63, 3.8) is 0 Å². The zero-order chi connectivity index (χ0) is 22.0.